The van der Waals surface area contributed by atoms with Crippen LogP contribution in [0.2, 0.25) is 0 Å². The fourth-order valence-electron chi connectivity index (χ4n) is 3.39. The molecule has 2 aliphatic rings. The standard InChI is InChI=1S/C15H29N3O.2ClH/c1-13(10-16-2)15(19)18-9-6-14(12-18)11-17-7-4-3-5-8-17;;/h13-14,16H,3-12H2,1-2H3;2*1H. The van der Waals surface area contributed by atoms with Crippen LogP contribution in [0.5, 0.6) is 0 Å². The molecule has 0 aromatic heterocycles. The molecule has 2 heterocycles. The molecule has 1 amide bonds. The van der Waals surface area contributed by atoms with Crippen LogP contribution in [0.3, 0.4) is 0 Å². The molecule has 4 nitrogen and oxygen atoms in total. The molecule has 2 saturated heterocycles. The SMILES string of the molecule is CNCC(C)C(=O)N1CCC(CN2CCCCC2)C1.Cl.Cl. The van der Waals surface area contributed by atoms with Gasteiger partial charge in [-0.2, -0.15) is 0 Å². The van der Waals surface area contributed by atoms with Crippen molar-refractivity contribution in [2.75, 3.05) is 46.3 Å². The van der Waals surface area contributed by atoms with Crippen LogP contribution in [0.4, 0.5) is 0 Å². The van der Waals surface area contributed by atoms with Crippen LogP contribution >= 0.6 is 24.8 Å². The van der Waals surface area contributed by atoms with Crippen molar-refractivity contribution in [2.45, 2.75) is 32.6 Å². The van der Waals surface area contributed by atoms with E-state index in [0.717, 1.165) is 19.6 Å². The predicted molar refractivity (Wildman–Crippen MR) is 92.6 cm³/mol. The Balaban J connectivity index is 0.00000200. The second-order valence-electron chi connectivity index (χ2n) is 6.26. The van der Waals surface area contributed by atoms with Crippen molar-refractivity contribution in [3.8, 4) is 0 Å². The van der Waals surface area contributed by atoms with Crippen molar-refractivity contribution in [1.29, 1.82) is 0 Å². The van der Waals surface area contributed by atoms with Crippen molar-refractivity contribution in [3.63, 3.8) is 0 Å². The minimum atomic E-state index is 0. The second-order valence-corrected chi connectivity index (χ2v) is 6.26. The van der Waals surface area contributed by atoms with Gasteiger partial charge in [0.1, 0.15) is 0 Å². The molecule has 0 aromatic carbocycles. The van der Waals surface area contributed by atoms with Crippen molar-refractivity contribution >= 4 is 30.7 Å². The molecule has 126 valence electrons. The van der Waals surface area contributed by atoms with Crippen LogP contribution in [0, 0.1) is 11.8 Å². The average Bonchev–Trinajstić information content (AvgIpc) is 2.88. The summed E-state index contributed by atoms with van der Waals surface area (Å²) in [6.07, 6.45) is 5.30. The normalized spacial score (nSPS) is 24.1. The summed E-state index contributed by atoms with van der Waals surface area (Å²) in [5, 5.41) is 3.09. The Labute approximate surface area is 141 Å². The van der Waals surface area contributed by atoms with Gasteiger partial charge in [0.25, 0.3) is 0 Å². The van der Waals surface area contributed by atoms with Crippen LogP contribution in [0.1, 0.15) is 32.6 Å². The molecule has 0 bridgehead atoms. The molecule has 0 aromatic rings. The first-order valence-corrected chi connectivity index (χ1v) is 7.86. The summed E-state index contributed by atoms with van der Waals surface area (Å²) >= 11 is 0. The van der Waals surface area contributed by atoms with Crippen molar-refractivity contribution < 1.29 is 4.79 Å². The topological polar surface area (TPSA) is 35.6 Å². The molecule has 2 fully saturated rings. The fourth-order valence-corrected chi connectivity index (χ4v) is 3.39. The molecule has 0 saturated carbocycles. The van der Waals surface area contributed by atoms with Crippen LogP contribution in [0.25, 0.3) is 0 Å². The van der Waals surface area contributed by atoms with Crippen LogP contribution in [-0.2, 0) is 4.79 Å². The van der Waals surface area contributed by atoms with Gasteiger partial charge in [-0.15, -0.1) is 24.8 Å². The first kappa shape index (κ1) is 21.0. The van der Waals surface area contributed by atoms with E-state index in [-0.39, 0.29) is 30.7 Å². The van der Waals surface area contributed by atoms with Crippen molar-refractivity contribution in [1.82, 2.24) is 15.1 Å². The highest BCUT2D eigenvalue weighted by Gasteiger charge is 2.29. The molecule has 21 heavy (non-hydrogen) atoms. The summed E-state index contributed by atoms with van der Waals surface area (Å²) in [7, 11) is 1.91. The number of halogens is 2. The number of nitrogens with one attached hydrogen (secondary N) is 1. The Morgan fingerprint density at radius 2 is 1.86 bits per heavy atom. The van der Waals surface area contributed by atoms with Crippen molar-refractivity contribution in [2.24, 2.45) is 11.8 Å². The van der Waals surface area contributed by atoms with Crippen LogP contribution in [0.15, 0.2) is 0 Å². The van der Waals surface area contributed by atoms with Gasteiger partial charge >= 0.3 is 0 Å². The summed E-state index contributed by atoms with van der Waals surface area (Å²) in [6, 6.07) is 0. The molecule has 2 atom stereocenters. The van der Waals surface area contributed by atoms with Gasteiger partial charge in [-0.25, -0.2) is 0 Å². The minimum Gasteiger partial charge on any atom is -0.342 e. The number of hydrogen-bond acceptors (Lipinski definition) is 3. The zero-order chi connectivity index (χ0) is 13.7. The van der Waals surface area contributed by atoms with E-state index in [2.05, 4.69) is 15.1 Å². The number of piperidine rings is 1. The lowest BCUT2D eigenvalue weighted by atomic mass is 10.1. The third-order valence-corrected chi connectivity index (χ3v) is 4.49. The number of amides is 1. The third kappa shape index (κ3) is 6.31. The Kier molecular flexibility index (Phi) is 10.6. The molecule has 2 rings (SSSR count). The van der Waals surface area contributed by atoms with E-state index in [9.17, 15) is 4.79 Å². The summed E-state index contributed by atoms with van der Waals surface area (Å²) in [6.45, 7) is 8.48. The lowest BCUT2D eigenvalue weighted by Gasteiger charge is -2.29. The number of nitrogens with zero attached hydrogens (tertiary/aromatic N) is 2. The molecule has 6 heteroatoms. The number of carbonyl (C=O) groups is 1. The van der Waals surface area contributed by atoms with Gasteiger partial charge in [-0.3, -0.25) is 4.79 Å². The zero-order valence-corrected chi connectivity index (χ0v) is 15.0. The van der Waals surface area contributed by atoms with E-state index in [1.165, 1.54) is 45.3 Å². The first-order chi connectivity index (χ1) is 9.20. The van der Waals surface area contributed by atoms with Crippen molar-refractivity contribution in [3.05, 3.63) is 0 Å². The number of carbonyl (C=O) groups excluding carboxylic acids is 1. The number of rotatable bonds is 5. The maximum Gasteiger partial charge on any atom is 0.226 e. The maximum atomic E-state index is 12.2. The lowest BCUT2D eigenvalue weighted by molar-refractivity contribution is -0.133. The van der Waals surface area contributed by atoms with Crippen LogP contribution in [-0.4, -0.2) is 62.0 Å². The lowest BCUT2D eigenvalue weighted by Crippen LogP contribution is -2.39. The van der Waals surface area contributed by atoms with E-state index in [4.69, 9.17) is 0 Å². The Bertz CT molecular complexity index is 299. The fraction of sp³-hybridized carbons (Fsp3) is 0.933. The van der Waals surface area contributed by atoms with Gasteiger partial charge in [0.2, 0.25) is 5.91 Å². The number of hydrogen-bond donors (Lipinski definition) is 1. The van der Waals surface area contributed by atoms with Gasteiger partial charge in [0.15, 0.2) is 0 Å². The Morgan fingerprint density at radius 3 is 2.48 bits per heavy atom. The smallest absolute Gasteiger partial charge is 0.226 e. The summed E-state index contributed by atoms with van der Waals surface area (Å²) in [5.41, 5.74) is 0. The zero-order valence-electron chi connectivity index (χ0n) is 13.3. The quantitative estimate of drug-likeness (QED) is 0.832. The second kappa shape index (κ2) is 10.7. The van der Waals surface area contributed by atoms with Gasteiger partial charge < -0.3 is 15.1 Å². The highest BCUT2D eigenvalue weighted by atomic mass is 35.5. The Hall–Kier alpha value is -0.0300. The van der Waals surface area contributed by atoms with Gasteiger partial charge in [0.05, 0.1) is 0 Å². The molecule has 0 spiro atoms. The molecular formula is C15H31Cl2N3O. The average molecular weight is 340 g/mol. The monoisotopic (exact) mass is 339 g/mol. The predicted octanol–water partition coefficient (Wildman–Crippen LogP) is 2.02. The van der Waals surface area contributed by atoms with Gasteiger partial charge in [-0.05, 0) is 45.3 Å². The summed E-state index contributed by atoms with van der Waals surface area (Å²) in [5.74, 6) is 1.14. The van der Waals surface area contributed by atoms with Gasteiger partial charge in [0, 0.05) is 32.1 Å². The first-order valence-electron chi connectivity index (χ1n) is 7.86. The van der Waals surface area contributed by atoms with E-state index in [1.807, 2.05) is 14.0 Å². The van der Waals surface area contributed by atoms with E-state index >= 15 is 0 Å². The minimum absolute atomic E-state index is 0. The summed E-state index contributed by atoms with van der Waals surface area (Å²) in [4.78, 5) is 16.9. The van der Waals surface area contributed by atoms with Crippen LogP contribution < -0.4 is 5.32 Å². The highest BCUT2D eigenvalue weighted by molar-refractivity contribution is 5.85. The molecule has 2 unspecified atom stereocenters. The molecule has 2 aliphatic heterocycles. The highest BCUT2D eigenvalue weighted by Crippen LogP contribution is 2.21. The summed E-state index contributed by atoms with van der Waals surface area (Å²) < 4.78 is 0. The van der Waals surface area contributed by atoms with Gasteiger partial charge in [-0.1, -0.05) is 13.3 Å². The van der Waals surface area contributed by atoms with E-state index < -0.39 is 0 Å². The largest absolute Gasteiger partial charge is 0.342 e. The third-order valence-electron chi connectivity index (χ3n) is 4.49. The molecule has 1 N–H and O–H groups in total. The molecule has 0 aliphatic carbocycles. The number of likely N-dealkylation sites (tertiary alicyclic amines) is 2. The van der Waals surface area contributed by atoms with E-state index in [0.29, 0.717) is 11.8 Å². The van der Waals surface area contributed by atoms with E-state index in [1.54, 1.807) is 0 Å². The molecule has 0 radical (unpaired) electrons. The maximum absolute atomic E-state index is 12.2. The Morgan fingerprint density at radius 1 is 1.19 bits per heavy atom. The molecular weight excluding hydrogens is 309 g/mol.